The SMILES string of the molecule is COc1cccc([C@@H](C)NCCCCC2CC[C@H](c3ccc(=O)[nH]c3)C2)c1OC. The summed E-state index contributed by atoms with van der Waals surface area (Å²) in [5, 5.41) is 3.62. The number of aromatic nitrogens is 1. The molecule has 1 aliphatic carbocycles. The maximum atomic E-state index is 11.2. The van der Waals surface area contributed by atoms with E-state index in [-0.39, 0.29) is 11.6 Å². The van der Waals surface area contributed by atoms with Crippen LogP contribution in [0.5, 0.6) is 11.5 Å². The van der Waals surface area contributed by atoms with E-state index in [0.29, 0.717) is 5.92 Å². The van der Waals surface area contributed by atoms with Gasteiger partial charge in [0.1, 0.15) is 0 Å². The number of aromatic amines is 1. The first kappa shape index (κ1) is 21.4. The van der Waals surface area contributed by atoms with Gasteiger partial charge in [-0.2, -0.15) is 0 Å². The fraction of sp³-hybridized carbons (Fsp3) is 0.542. The molecule has 2 N–H and O–H groups in total. The van der Waals surface area contributed by atoms with Crippen molar-refractivity contribution in [2.75, 3.05) is 20.8 Å². The second-order valence-electron chi connectivity index (χ2n) is 8.12. The standard InChI is InChI=1S/C24H34N2O3/c1-17(21-8-6-9-22(28-2)24(21)29-3)25-14-5-4-7-18-10-11-19(15-18)20-12-13-23(27)26-16-20/h6,8-9,12-13,16-19,25H,4-5,7,10-11,14-15H2,1-3H3,(H,26,27)/t17-,18?,19+/m1/s1. The Morgan fingerprint density at radius 2 is 2.00 bits per heavy atom. The van der Waals surface area contributed by atoms with Crippen molar-refractivity contribution in [3.8, 4) is 11.5 Å². The van der Waals surface area contributed by atoms with Crippen LogP contribution in [0.4, 0.5) is 0 Å². The van der Waals surface area contributed by atoms with Gasteiger partial charge in [-0.15, -0.1) is 0 Å². The second-order valence-corrected chi connectivity index (χ2v) is 8.12. The Labute approximate surface area is 173 Å². The summed E-state index contributed by atoms with van der Waals surface area (Å²) >= 11 is 0. The largest absolute Gasteiger partial charge is 0.493 e. The number of para-hydroxylation sites is 1. The number of hydrogen-bond donors (Lipinski definition) is 2. The number of pyridine rings is 1. The summed E-state index contributed by atoms with van der Waals surface area (Å²) in [6.45, 7) is 3.17. The minimum absolute atomic E-state index is 0.0170. The zero-order valence-electron chi connectivity index (χ0n) is 17.9. The molecule has 0 saturated heterocycles. The number of nitrogens with one attached hydrogen (secondary N) is 2. The lowest BCUT2D eigenvalue weighted by atomic mass is 9.95. The first-order valence-electron chi connectivity index (χ1n) is 10.7. The molecule has 1 unspecified atom stereocenters. The highest BCUT2D eigenvalue weighted by Gasteiger charge is 2.25. The first-order chi connectivity index (χ1) is 14.1. The molecule has 2 aromatic rings. The fourth-order valence-electron chi connectivity index (χ4n) is 4.56. The van der Waals surface area contributed by atoms with E-state index >= 15 is 0 Å². The van der Waals surface area contributed by atoms with E-state index in [1.165, 1.54) is 44.1 Å². The molecule has 1 aromatic heterocycles. The lowest BCUT2D eigenvalue weighted by molar-refractivity contribution is 0.347. The molecular formula is C24H34N2O3. The third-order valence-electron chi connectivity index (χ3n) is 6.21. The molecule has 158 valence electrons. The Bertz CT molecular complexity index is 813. The maximum Gasteiger partial charge on any atom is 0.247 e. The molecule has 0 radical (unpaired) electrons. The van der Waals surface area contributed by atoms with E-state index in [1.54, 1.807) is 20.3 Å². The van der Waals surface area contributed by atoms with Gasteiger partial charge in [-0.05, 0) is 62.6 Å². The van der Waals surface area contributed by atoms with E-state index in [1.807, 2.05) is 24.4 Å². The maximum absolute atomic E-state index is 11.2. The van der Waals surface area contributed by atoms with Gasteiger partial charge in [0, 0.05) is 23.9 Å². The third-order valence-corrected chi connectivity index (χ3v) is 6.21. The Morgan fingerprint density at radius 1 is 1.14 bits per heavy atom. The predicted octanol–water partition coefficient (Wildman–Crippen LogP) is 4.80. The third kappa shape index (κ3) is 5.63. The summed E-state index contributed by atoms with van der Waals surface area (Å²) in [6.07, 6.45) is 9.40. The molecule has 1 aliphatic rings. The van der Waals surface area contributed by atoms with Gasteiger partial charge < -0.3 is 19.8 Å². The molecule has 5 heteroatoms. The highest BCUT2D eigenvalue weighted by Crippen LogP contribution is 2.40. The van der Waals surface area contributed by atoms with E-state index in [4.69, 9.17) is 9.47 Å². The van der Waals surface area contributed by atoms with Crippen molar-refractivity contribution in [1.82, 2.24) is 10.3 Å². The second kappa shape index (κ2) is 10.5. The molecular weight excluding hydrogens is 364 g/mol. The van der Waals surface area contributed by atoms with Crippen LogP contribution in [0, 0.1) is 5.92 Å². The molecule has 0 aliphatic heterocycles. The quantitative estimate of drug-likeness (QED) is 0.565. The zero-order chi connectivity index (χ0) is 20.6. The van der Waals surface area contributed by atoms with Gasteiger partial charge in [0.25, 0.3) is 0 Å². The van der Waals surface area contributed by atoms with Crippen molar-refractivity contribution in [3.63, 3.8) is 0 Å². The molecule has 0 spiro atoms. The van der Waals surface area contributed by atoms with Gasteiger partial charge in [-0.3, -0.25) is 4.79 Å². The minimum atomic E-state index is -0.0170. The summed E-state index contributed by atoms with van der Waals surface area (Å²) < 4.78 is 11.0. The molecule has 1 heterocycles. The van der Waals surface area contributed by atoms with Gasteiger partial charge in [0.2, 0.25) is 5.56 Å². The van der Waals surface area contributed by atoms with Gasteiger partial charge in [0.05, 0.1) is 14.2 Å². The van der Waals surface area contributed by atoms with Crippen LogP contribution in [0.2, 0.25) is 0 Å². The molecule has 0 bridgehead atoms. The van der Waals surface area contributed by atoms with Crippen molar-refractivity contribution < 1.29 is 9.47 Å². The van der Waals surface area contributed by atoms with Crippen molar-refractivity contribution in [1.29, 1.82) is 0 Å². The zero-order valence-corrected chi connectivity index (χ0v) is 17.9. The predicted molar refractivity (Wildman–Crippen MR) is 117 cm³/mol. The van der Waals surface area contributed by atoms with Crippen molar-refractivity contribution in [3.05, 3.63) is 58.0 Å². The van der Waals surface area contributed by atoms with Crippen molar-refractivity contribution >= 4 is 0 Å². The van der Waals surface area contributed by atoms with E-state index in [2.05, 4.69) is 23.3 Å². The van der Waals surface area contributed by atoms with Gasteiger partial charge in [-0.25, -0.2) is 0 Å². The van der Waals surface area contributed by atoms with E-state index in [9.17, 15) is 4.79 Å². The molecule has 29 heavy (non-hydrogen) atoms. The van der Waals surface area contributed by atoms with Crippen molar-refractivity contribution in [2.24, 2.45) is 5.92 Å². The van der Waals surface area contributed by atoms with Crippen LogP contribution in [0.1, 0.15) is 68.5 Å². The average molecular weight is 399 g/mol. The smallest absolute Gasteiger partial charge is 0.247 e. The Balaban J connectivity index is 1.38. The number of ether oxygens (including phenoxy) is 2. The Kier molecular flexibility index (Phi) is 7.76. The minimum Gasteiger partial charge on any atom is -0.493 e. The molecule has 3 rings (SSSR count). The van der Waals surface area contributed by atoms with Gasteiger partial charge in [0.15, 0.2) is 11.5 Å². The normalized spacial score (nSPS) is 19.8. The molecule has 1 aromatic carbocycles. The van der Waals surface area contributed by atoms with Gasteiger partial charge in [-0.1, -0.05) is 31.0 Å². The van der Waals surface area contributed by atoms with Crippen LogP contribution >= 0.6 is 0 Å². The van der Waals surface area contributed by atoms with E-state index in [0.717, 1.165) is 29.5 Å². The summed E-state index contributed by atoms with van der Waals surface area (Å²) in [7, 11) is 3.36. The Morgan fingerprint density at radius 3 is 2.72 bits per heavy atom. The number of benzene rings is 1. The van der Waals surface area contributed by atoms with Crippen LogP contribution in [-0.2, 0) is 0 Å². The van der Waals surface area contributed by atoms with Crippen LogP contribution in [0.15, 0.2) is 41.3 Å². The number of rotatable bonds is 10. The summed E-state index contributed by atoms with van der Waals surface area (Å²) in [5.41, 5.74) is 2.40. The molecule has 5 nitrogen and oxygen atoms in total. The highest BCUT2D eigenvalue weighted by molar-refractivity contribution is 5.47. The number of H-pyrrole nitrogens is 1. The van der Waals surface area contributed by atoms with Crippen LogP contribution < -0.4 is 20.3 Å². The number of hydrogen-bond acceptors (Lipinski definition) is 4. The molecule has 3 atom stereocenters. The summed E-state index contributed by atoms with van der Waals surface area (Å²) in [6, 6.07) is 9.88. The monoisotopic (exact) mass is 398 g/mol. The lowest BCUT2D eigenvalue weighted by Crippen LogP contribution is -2.20. The van der Waals surface area contributed by atoms with Crippen molar-refractivity contribution in [2.45, 2.75) is 57.4 Å². The first-order valence-corrected chi connectivity index (χ1v) is 10.7. The molecule has 1 saturated carbocycles. The molecule has 0 amide bonds. The topological polar surface area (TPSA) is 63.3 Å². The van der Waals surface area contributed by atoms with Crippen LogP contribution in [0.3, 0.4) is 0 Å². The van der Waals surface area contributed by atoms with Crippen LogP contribution in [0.25, 0.3) is 0 Å². The van der Waals surface area contributed by atoms with E-state index < -0.39 is 0 Å². The summed E-state index contributed by atoms with van der Waals surface area (Å²) in [5.74, 6) is 3.00. The summed E-state index contributed by atoms with van der Waals surface area (Å²) in [4.78, 5) is 14.0. The lowest BCUT2D eigenvalue weighted by Gasteiger charge is -2.19. The highest BCUT2D eigenvalue weighted by atomic mass is 16.5. The average Bonchev–Trinajstić information content (AvgIpc) is 3.22. The van der Waals surface area contributed by atoms with Crippen LogP contribution in [-0.4, -0.2) is 25.7 Å². The van der Waals surface area contributed by atoms with Gasteiger partial charge >= 0.3 is 0 Å². The molecule has 1 fully saturated rings. The fourth-order valence-corrected chi connectivity index (χ4v) is 4.56. The number of methoxy groups -OCH3 is 2. The Hall–Kier alpha value is -2.27. The number of unbranched alkanes of at least 4 members (excludes halogenated alkanes) is 1.